The topological polar surface area (TPSA) is 17.0 Å². The summed E-state index contributed by atoms with van der Waals surface area (Å²) in [6.07, 6.45) is 4.79. The Labute approximate surface area is 139 Å². The molecule has 2 nitrogen and oxygen atoms in total. The van der Waals surface area contributed by atoms with Crippen molar-refractivity contribution in [1.29, 1.82) is 0 Å². The molecule has 0 radical (unpaired) electrons. The first kappa shape index (κ1) is 15.8. The first-order valence-electron chi connectivity index (χ1n) is 8.61. The second kappa shape index (κ2) is 7.47. The predicted molar refractivity (Wildman–Crippen MR) is 98.8 cm³/mol. The smallest absolute Gasteiger partial charge is 0.0486 e. The Bertz CT molecular complexity index is 770. The van der Waals surface area contributed by atoms with E-state index in [1.807, 2.05) is 0 Å². The van der Waals surface area contributed by atoms with Crippen LogP contribution in [0.15, 0.2) is 54.7 Å². The Morgan fingerprint density at radius 2 is 1.91 bits per heavy atom. The number of hydrogen-bond acceptors (Lipinski definition) is 1. The van der Waals surface area contributed by atoms with Crippen LogP contribution in [0, 0.1) is 6.92 Å². The van der Waals surface area contributed by atoms with Gasteiger partial charge in [0.25, 0.3) is 0 Å². The van der Waals surface area contributed by atoms with Gasteiger partial charge in [-0.05, 0) is 37.1 Å². The minimum absolute atomic E-state index is 0.928. The zero-order chi connectivity index (χ0) is 16.1. The molecule has 0 aliphatic carbocycles. The summed E-state index contributed by atoms with van der Waals surface area (Å²) in [6.45, 7) is 7.35. The van der Waals surface area contributed by atoms with Crippen LogP contribution in [0.3, 0.4) is 0 Å². The number of aromatic nitrogens is 1. The lowest BCUT2D eigenvalue weighted by atomic mass is 10.1. The highest BCUT2D eigenvalue weighted by atomic mass is 15.0. The van der Waals surface area contributed by atoms with E-state index < -0.39 is 0 Å². The molecule has 1 N–H and O–H groups in total. The van der Waals surface area contributed by atoms with Crippen LogP contribution >= 0.6 is 0 Å². The molecule has 3 aromatic rings. The molecule has 0 amide bonds. The van der Waals surface area contributed by atoms with Gasteiger partial charge in [0.05, 0.1) is 0 Å². The maximum atomic E-state index is 3.57. The highest BCUT2D eigenvalue weighted by molar-refractivity contribution is 5.84. The third kappa shape index (κ3) is 3.83. The summed E-state index contributed by atoms with van der Waals surface area (Å²) in [5, 5.41) is 4.93. The third-order valence-corrected chi connectivity index (χ3v) is 4.33. The summed E-state index contributed by atoms with van der Waals surface area (Å²) in [6, 6.07) is 17.5. The Balaban J connectivity index is 1.85. The molecule has 2 aromatic carbocycles. The lowest BCUT2D eigenvalue weighted by molar-refractivity contribution is 0.641. The predicted octanol–water partition coefficient (Wildman–Crippen LogP) is 4.89. The van der Waals surface area contributed by atoms with Gasteiger partial charge in [-0.1, -0.05) is 61.4 Å². The van der Waals surface area contributed by atoms with Crippen molar-refractivity contribution < 1.29 is 0 Å². The van der Waals surface area contributed by atoms with Gasteiger partial charge in [-0.15, -0.1) is 0 Å². The number of nitrogens with zero attached hydrogens (tertiary/aromatic N) is 1. The highest BCUT2D eigenvalue weighted by Gasteiger charge is 2.08. The lowest BCUT2D eigenvalue weighted by Crippen LogP contribution is -2.14. The minimum atomic E-state index is 0.928. The summed E-state index contributed by atoms with van der Waals surface area (Å²) in [5.41, 5.74) is 5.39. The second-order valence-electron chi connectivity index (χ2n) is 6.32. The maximum Gasteiger partial charge on any atom is 0.0486 e. The van der Waals surface area contributed by atoms with E-state index in [9.17, 15) is 0 Å². The second-order valence-corrected chi connectivity index (χ2v) is 6.32. The highest BCUT2D eigenvalue weighted by Crippen LogP contribution is 2.22. The van der Waals surface area contributed by atoms with Crippen LogP contribution in [-0.2, 0) is 13.1 Å². The number of benzene rings is 2. The number of para-hydroxylation sites is 1. The Morgan fingerprint density at radius 1 is 1.04 bits per heavy atom. The van der Waals surface area contributed by atoms with E-state index >= 15 is 0 Å². The van der Waals surface area contributed by atoms with Crippen molar-refractivity contribution in [3.05, 3.63) is 71.4 Å². The van der Waals surface area contributed by atoms with Crippen LogP contribution in [0.5, 0.6) is 0 Å². The van der Waals surface area contributed by atoms with Crippen LogP contribution in [0.2, 0.25) is 0 Å². The van der Waals surface area contributed by atoms with Gasteiger partial charge in [-0.3, -0.25) is 0 Å². The zero-order valence-electron chi connectivity index (χ0n) is 14.2. The van der Waals surface area contributed by atoms with Crippen molar-refractivity contribution in [3.8, 4) is 0 Å². The molecule has 0 aliphatic rings. The minimum Gasteiger partial charge on any atom is -0.343 e. The van der Waals surface area contributed by atoms with Gasteiger partial charge in [0.2, 0.25) is 0 Å². The van der Waals surface area contributed by atoms with E-state index in [1.54, 1.807) is 0 Å². The molecule has 0 bridgehead atoms. The van der Waals surface area contributed by atoms with E-state index in [4.69, 9.17) is 0 Å². The number of fused-ring (bicyclic) bond motifs is 1. The lowest BCUT2D eigenvalue weighted by Gasteiger charge is -2.06. The first-order valence-corrected chi connectivity index (χ1v) is 8.61. The standard InChI is InChI=1S/C21H26N2/c1-3-4-12-22-14-19-16-23(21-11-6-5-10-20(19)21)15-18-9-7-8-17(2)13-18/h5-11,13,16,22H,3-4,12,14-15H2,1-2H3. The fraction of sp³-hybridized carbons (Fsp3) is 0.333. The molecule has 0 atom stereocenters. The van der Waals surface area contributed by atoms with E-state index in [1.165, 1.54) is 40.4 Å². The normalized spacial score (nSPS) is 11.2. The Kier molecular flexibility index (Phi) is 5.14. The van der Waals surface area contributed by atoms with E-state index in [0.29, 0.717) is 0 Å². The molecule has 1 aromatic heterocycles. The van der Waals surface area contributed by atoms with Crippen molar-refractivity contribution in [2.45, 2.75) is 39.8 Å². The van der Waals surface area contributed by atoms with E-state index in [0.717, 1.165) is 19.6 Å². The van der Waals surface area contributed by atoms with Gasteiger partial charge >= 0.3 is 0 Å². The van der Waals surface area contributed by atoms with Crippen molar-refractivity contribution in [2.24, 2.45) is 0 Å². The molecule has 120 valence electrons. The molecule has 23 heavy (non-hydrogen) atoms. The summed E-state index contributed by atoms with van der Waals surface area (Å²) in [7, 11) is 0. The molecule has 0 fully saturated rings. The van der Waals surface area contributed by atoms with Crippen LogP contribution in [0.25, 0.3) is 10.9 Å². The van der Waals surface area contributed by atoms with E-state index in [-0.39, 0.29) is 0 Å². The number of hydrogen-bond donors (Lipinski definition) is 1. The number of unbranched alkanes of at least 4 members (excludes halogenated alkanes) is 1. The van der Waals surface area contributed by atoms with Gasteiger partial charge in [0, 0.05) is 30.2 Å². The van der Waals surface area contributed by atoms with Gasteiger partial charge in [-0.25, -0.2) is 0 Å². The molecule has 0 unspecified atom stereocenters. The fourth-order valence-corrected chi connectivity index (χ4v) is 3.13. The zero-order valence-corrected chi connectivity index (χ0v) is 14.2. The fourth-order valence-electron chi connectivity index (χ4n) is 3.13. The van der Waals surface area contributed by atoms with Gasteiger partial charge < -0.3 is 9.88 Å². The summed E-state index contributed by atoms with van der Waals surface area (Å²) in [4.78, 5) is 0. The maximum absolute atomic E-state index is 3.57. The SMILES string of the molecule is CCCCNCc1cn(Cc2cccc(C)c2)c2ccccc12. The summed E-state index contributed by atoms with van der Waals surface area (Å²) < 4.78 is 2.38. The van der Waals surface area contributed by atoms with E-state index in [2.05, 4.69) is 78.5 Å². The third-order valence-electron chi connectivity index (χ3n) is 4.33. The summed E-state index contributed by atoms with van der Waals surface area (Å²) in [5.74, 6) is 0. The molecule has 0 spiro atoms. The number of aryl methyl sites for hydroxylation is 1. The molecule has 0 saturated heterocycles. The molecule has 0 saturated carbocycles. The van der Waals surface area contributed by atoms with Crippen molar-refractivity contribution in [2.75, 3.05) is 6.54 Å². The molecule has 0 aliphatic heterocycles. The quantitative estimate of drug-likeness (QED) is 0.615. The average molecular weight is 306 g/mol. The van der Waals surface area contributed by atoms with Gasteiger partial charge in [0.15, 0.2) is 0 Å². The molecular weight excluding hydrogens is 280 g/mol. The van der Waals surface area contributed by atoms with Crippen LogP contribution in [-0.4, -0.2) is 11.1 Å². The van der Waals surface area contributed by atoms with Crippen molar-refractivity contribution in [1.82, 2.24) is 9.88 Å². The molecular formula is C21H26N2. The van der Waals surface area contributed by atoms with Crippen molar-refractivity contribution >= 4 is 10.9 Å². The molecule has 3 rings (SSSR count). The number of rotatable bonds is 7. The molecule has 1 heterocycles. The summed E-state index contributed by atoms with van der Waals surface area (Å²) >= 11 is 0. The van der Waals surface area contributed by atoms with Gasteiger partial charge in [-0.2, -0.15) is 0 Å². The number of nitrogens with one attached hydrogen (secondary N) is 1. The largest absolute Gasteiger partial charge is 0.343 e. The van der Waals surface area contributed by atoms with Crippen molar-refractivity contribution in [3.63, 3.8) is 0 Å². The monoisotopic (exact) mass is 306 g/mol. The first-order chi connectivity index (χ1) is 11.3. The van der Waals surface area contributed by atoms with Crippen LogP contribution in [0.1, 0.15) is 36.5 Å². The van der Waals surface area contributed by atoms with Crippen LogP contribution in [0.4, 0.5) is 0 Å². The average Bonchev–Trinajstić information content (AvgIpc) is 2.90. The Hall–Kier alpha value is -2.06. The Morgan fingerprint density at radius 3 is 2.74 bits per heavy atom. The van der Waals surface area contributed by atoms with Gasteiger partial charge in [0.1, 0.15) is 0 Å². The van der Waals surface area contributed by atoms with Crippen LogP contribution < -0.4 is 5.32 Å². The molecule has 2 heteroatoms.